The number of phenols is 1. The van der Waals surface area contributed by atoms with Crippen LogP contribution in [0.3, 0.4) is 0 Å². The van der Waals surface area contributed by atoms with Crippen molar-refractivity contribution in [2.75, 3.05) is 30.3 Å². The zero-order valence-electron chi connectivity index (χ0n) is 17.0. The van der Waals surface area contributed by atoms with Crippen molar-refractivity contribution >= 4 is 23.1 Å². The summed E-state index contributed by atoms with van der Waals surface area (Å²) in [5.74, 6) is 0.410. The van der Waals surface area contributed by atoms with E-state index in [4.69, 9.17) is 10.00 Å². The number of piperidine rings is 1. The van der Waals surface area contributed by atoms with Gasteiger partial charge in [-0.2, -0.15) is 5.26 Å². The van der Waals surface area contributed by atoms with E-state index in [2.05, 4.69) is 22.0 Å². The number of fused-ring (bicyclic) bond motifs is 1. The number of carbonyl (C=O) groups is 2. The van der Waals surface area contributed by atoms with E-state index in [1.54, 1.807) is 12.1 Å². The van der Waals surface area contributed by atoms with E-state index in [1.807, 2.05) is 18.2 Å². The highest BCUT2D eigenvalue weighted by Crippen LogP contribution is 2.37. The molecule has 1 saturated heterocycles. The number of aromatic hydroxyl groups is 1. The number of nitrogens with one attached hydrogen (secondary N) is 3. The fourth-order valence-corrected chi connectivity index (χ4v) is 3.97. The van der Waals surface area contributed by atoms with Crippen LogP contribution in [0.5, 0.6) is 11.5 Å². The van der Waals surface area contributed by atoms with Gasteiger partial charge >= 0.3 is 0 Å². The number of nitriles is 1. The molecule has 0 aromatic heterocycles. The fourth-order valence-electron chi connectivity index (χ4n) is 3.97. The van der Waals surface area contributed by atoms with Gasteiger partial charge in [0.25, 0.3) is 5.91 Å². The smallest absolute Gasteiger partial charge is 0.262 e. The van der Waals surface area contributed by atoms with Crippen molar-refractivity contribution in [1.29, 1.82) is 5.26 Å². The minimum absolute atomic E-state index is 0.00590. The highest BCUT2D eigenvalue weighted by molar-refractivity contribution is 5.97. The van der Waals surface area contributed by atoms with Crippen molar-refractivity contribution in [2.45, 2.75) is 19.4 Å². The molecule has 8 nitrogen and oxygen atoms in total. The van der Waals surface area contributed by atoms with Gasteiger partial charge in [-0.05, 0) is 30.5 Å². The molecule has 4 rings (SSSR count). The molecule has 0 spiro atoms. The maximum Gasteiger partial charge on any atom is 0.262 e. The van der Waals surface area contributed by atoms with Gasteiger partial charge < -0.3 is 25.8 Å². The van der Waals surface area contributed by atoms with E-state index in [-0.39, 0.29) is 35.9 Å². The number of anilines is 2. The first-order valence-corrected chi connectivity index (χ1v) is 10.3. The highest BCUT2D eigenvalue weighted by Gasteiger charge is 2.24. The molecule has 2 atom stereocenters. The molecule has 0 aliphatic carbocycles. The zero-order chi connectivity index (χ0) is 21.8. The lowest BCUT2D eigenvalue weighted by Gasteiger charge is -2.25. The summed E-state index contributed by atoms with van der Waals surface area (Å²) in [7, 11) is 0. The molecule has 0 radical (unpaired) electrons. The number of rotatable bonds is 6. The number of hydrogen-bond donors (Lipinski definition) is 4. The molecule has 2 aliphatic heterocycles. The van der Waals surface area contributed by atoms with Gasteiger partial charge in [0.05, 0.1) is 23.4 Å². The van der Waals surface area contributed by atoms with Gasteiger partial charge in [0.1, 0.15) is 11.5 Å². The van der Waals surface area contributed by atoms with Gasteiger partial charge in [-0.25, -0.2) is 0 Å². The standard InChI is InChI=1S/C23H24N4O4/c24-9-16-4-15(10-25-11-16)6-20(28)17-3-1-2-14(5-17)12-26-18-8-22-19(7-21(18)29)27-23(30)13-31-22/h1-3,5,7-8,15-16,25-26,29H,4,6,10-13H2,(H,27,30)/t15-,16+/m1/s1. The molecule has 8 heteroatoms. The Balaban J connectivity index is 1.39. The number of phenolic OH excluding ortho intramolecular Hbond substituents is 1. The summed E-state index contributed by atoms with van der Waals surface area (Å²) >= 11 is 0. The minimum atomic E-state index is -0.263. The van der Waals surface area contributed by atoms with Crippen molar-refractivity contribution in [3.8, 4) is 17.6 Å². The van der Waals surface area contributed by atoms with Crippen molar-refractivity contribution < 1.29 is 19.4 Å². The largest absolute Gasteiger partial charge is 0.506 e. The number of amides is 1. The molecule has 0 saturated carbocycles. The summed E-state index contributed by atoms with van der Waals surface area (Å²) in [5, 5.41) is 28.4. The molecule has 1 amide bonds. The van der Waals surface area contributed by atoms with Gasteiger partial charge in [0.15, 0.2) is 12.4 Å². The average molecular weight is 420 g/mol. The first-order chi connectivity index (χ1) is 15.0. The van der Waals surface area contributed by atoms with E-state index < -0.39 is 0 Å². The number of ether oxygens (including phenoxy) is 1. The molecule has 160 valence electrons. The lowest BCUT2D eigenvalue weighted by molar-refractivity contribution is -0.118. The Morgan fingerprint density at radius 2 is 2.16 bits per heavy atom. The second-order valence-corrected chi connectivity index (χ2v) is 7.97. The second-order valence-electron chi connectivity index (χ2n) is 7.97. The number of carbonyl (C=O) groups excluding carboxylic acids is 2. The van der Waals surface area contributed by atoms with Crippen LogP contribution in [-0.2, 0) is 11.3 Å². The summed E-state index contributed by atoms with van der Waals surface area (Å²) in [6, 6.07) is 12.8. The summed E-state index contributed by atoms with van der Waals surface area (Å²) in [4.78, 5) is 24.2. The molecule has 2 aliphatic rings. The van der Waals surface area contributed by atoms with Crippen molar-refractivity contribution in [1.82, 2.24) is 5.32 Å². The normalized spacial score (nSPS) is 20.0. The third-order valence-corrected chi connectivity index (χ3v) is 5.56. The van der Waals surface area contributed by atoms with Crippen LogP contribution in [0.2, 0.25) is 0 Å². The quantitative estimate of drug-likeness (QED) is 0.418. The third kappa shape index (κ3) is 4.95. The van der Waals surface area contributed by atoms with E-state index >= 15 is 0 Å². The van der Waals surface area contributed by atoms with Crippen molar-refractivity contribution in [2.24, 2.45) is 11.8 Å². The molecule has 2 aromatic rings. The van der Waals surface area contributed by atoms with Crippen molar-refractivity contribution in [3.63, 3.8) is 0 Å². The predicted molar refractivity (Wildman–Crippen MR) is 115 cm³/mol. The molecule has 0 bridgehead atoms. The lowest BCUT2D eigenvalue weighted by Crippen LogP contribution is -2.36. The molecule has 2 aromatic carbocycles. The molecule has 2 heterocycles. The Morgan fingerprint density at radius 1 is 1.29 bits per heavy atom. The first kappa shape index (κ1) is 20.7. The van der Waals surface area contributed by atoms with Crippen LogP contribution in [0.15, 0.2) is 36.4 Å². The maximum absolute atomic E-state index is 12.8. The Hall–Kier alpha value is -3.57. The first-order valence-electron chi connectivity index (χ1n) is 10.3. The van der Waals surface area contributed by atoms with Crippen LogP contribution in [0.25, 0.3) is 0 Å². The van der Waals surface area contributed by atoms with E-state index in [9.17, 15) is 14.7 Å². The molecule has 0 unspecified atom stereocenters. The van der Waals surface area contributed by atoms with Gasteiger partial charge in [-0.1, -0.05) is 18.2 Å². The molecule has 4 N–H and O–H groups in total. The Bertz CT molecular complexity index is 1050. The second kappa shape index (κ2) is 9.06. The Labute approximate surface area is 180 Å². The van der Waals surface area contributed by atoms with Gasteiger partial charge in [0, 0.05) is 37.2 Å². The SMILES string of the molecule is N#C[C@H]1CNC[C@@H](CC(=O)c2cccc(CNc3cc4c(cc3O)NC(=O)CO4)c2)C1. The Kier molecular flexibility index (Phi) is 6.05. The van der Waals surface area contributed by atoms with Gasteiger partial charge in [-0.3, -0.25) is 9.59 Å². The lowest BCUT2D eigenvalue weighted by atomic mass is 9.86. The zero-order valence-corrected chi connectivity index (χ0v) is 17.0. The number of hydrogen-bond acceptors (Lipinski definition) is 7. The summed E-state index contributed by atoms with van der Waals surface area (Å²) < 4.78 is 5.39. The van der Waals surface area contributed by atoms with Crippen molar-refractivity contribution in [3.05, 3.63) is 47.5 Å². The summed E-state index contributed by atoms with van der Waals surface area (Å²) in [6.07, 6.45) is 1.16. The van der Waals surface area contributed by atoms with Crippen LogP contribution >= 0.6 is 0 Å². The van der Waals surface area contributed by atoms with E-state index in [1.165, 1.54) is 6.07 Å². The average Bonchev–Trinajstić information content (AvgIpc) is 2.78. The van der Waals surface area contributed by atoms with Gasteiger partial charge in [-0.15, -0.1) is 0 Å². The van der Waals surface area contributed by atoms with Crippen LogP contribution < -0.4 is 20.7 Å². The molecule has 1 fully saturated rings. The monoisotopic (exact) mass is 420 g/mol. The molecular formula is C23H24N4O4. The highest BCUT2D eigenvalue weighted by atomic mass is 16.5. The Morgan fingerprint density at radius 3 is 3.00 bits per heavy atom. The molecule has 31 heavy (non-hydrogen) atoms. The predicted octanol–water partition coefficient (Wildman–Crippen LogP) is 2.66. The van der Waals surface area contributed by atoms with E-state index in [0.29, 0.717) is 42.2 Å². The number of Topliss-reactive ketones (excluding diaryl/α,β-unsaturated/α-hetero) is 1. The van der Waals surface area contributed by atoms with Gasteiger partial charge in [0.2, 0.25) is 0 Å². The van der Waals surface area contributed by atoms with Crippen LogP contribution in [0.4, 0.5) is 11.4 Å². The van der Waals surface area contributed by atoms with Crippen LogP contribution in [0, 0.1) is 23.2 Å². The number of benzene rings is 2. The third-order valence-electron chi connectivity index (χ3n) is 5.56. The number of ketones is 1. The van der Waals surface area contributed by atoms with Crippen LogP contribution in [-0.4, -0.2) is 36.5 Å². The summed E-state index contributed by atoms with van der Waals surface area (Å²) in [6.45, 7) is 1.79. The summed E-state index contributed by atoms with van der Waals surface area (Å²) in [5.41, 5.74) is 2.44. The maximum atomic E-state index is 12.8. The number of nitrogens with zero attached hydrogens (tertiary/aromatic N) is 1. The minimum Gasteiger partial charge on any atom is -0.506 e. The van der Waals surface area contributed by atoms with Crippen LogP contribution in [0.1, 0.15) is 28.8 Å². The fraction of sp³-hybridized carbons (Fsp3) is 0.348. The van der Waals surface area contributed by atoms with E-state index in [0.717, 1.165) is 18.5 Å². The molecular weight excluding hydrogens is 396 g/mol. The topological polar surface area (TPSA) is 123 Å².